The van der Waals surface area contributed by atoms with E-state index >= 15 is 0 Å². The summed E-state index contributed by atoms with van der Waals surface area (Å²) in [5, 5.41) is 6.16. The van der Waals surface area contributed by atoms with E-state index in [2.05, 4.69) is 19.9 Å². The van der Waals surface area contributed by atoms with Crippen molar-refractivity contribution in [3.8, 4) is 0 Å². The SMILES string of the molecule is NCc1cn[nH]c1S(=O)(=O)NCCc1ccccn1. The molecule has 0 aliphatic heterocycles. The molecule has 0 aliphatic carbocycles. The highest BCUT2D eigenvalue weighted by Crippen LogP contribution is 2.10. The predicted molar refractivity (Wildman–Crippen MR) is 69.6 cm³/mol. The molecule has 0 spiro atoms. The summed E-state index contributed by atoms with van der Waals surface area (Å²) in [5.74, 6) is 0. The van der Waals surface area contributed by atoms with Gasteiger partial charge in [-0.2, -0.15) is 5.10 Å². The molecular formula is C11H15N5O2S. The molecule has 7 nitrogen and oxygen atoms in total. The van der Waals surface area contributed by atoms with Crippen LogP contribution in [0.3, 0.4) is 0 Å². The van der Waals surface area contributed by atoms with Crippen LogP contribution in [0.25, 0.3) is 0 Å². The van der Waals surface area contributed by atoms with Crippen LogP contribution in [0.5, 0.6) is 0 Å². The molecular weight excluding hydrogens is 266 g/mol. The molecule has 8 heteroatoms. The summed E-state index contributed by atoms with van der Waals surface area (Å²) in [5.41, 5.74) is 6.74. The molecule has 0 aromatic carbocycles. The van der Waals surface area contributed by atoms with Crippen LogP contribution >= 0.6 is 0 Å². The first-order chi connectivity index (χ1) is 9.13. The monoisotopic (exact) mass is 281 g/mol. The number of sulfonamides is 1. The summed E-state index contributed by atoms with van der Waals surface area (Å²) < 4.78 is 26.5. The number of nitrogens with one attached hydrogen (secondary N) is 2. The minimum Gasteiger partial charge on any atom is -0.326 e. The highest BCUT2D eigenvalue weighted by Gasteiger charge is 2.19. The van der Waals surface area contributed by atoms with Gasteiger partial charge in [-0.05, 0) is 12.1 Å². The first-order valence-corrected chi connectivity index (χ1v) is 7.23. The molecule has 0 saturated heterocycles. The quantitative estimate of drug-likeness (QED) is 0.677. The third-order valence-corrected chi connectivity index (χ3v) is 4.04. The standard InChI is InChI=1S/C11H15N5O2S/c12-7-9-8-14-16-11(9)19(17,18)15-6-4-10-3-1-2-5-13-10/h1-3,5,8,15H,4,6-7,12H2,(H,14,16). The molecule has 0 amide bonds. The van der Waals surface area contributed by atoms with E-state index in [1.807, 2.05) is 18.2 Å². The lowest BCUT2D eigenvalue weighted by molar-refractivity contribution is 0.575. The Morgan fingerprint density at radius 2 is 2.21 bits per heavy atom. The molecule has 0 unspecified atom stereocenters. The molecule has 2 aromatic heterocycles. The molecule has 2 heterocycles. The maximum Gasteiger partial charge on any atom is 0.257 e. The molecule has 0 aliphatic rings. The Kier molecular flexibility index (Phi) is 4.25. The number of rotatable bonds is 6. The van der Waals surface area contributed by atoms with E-state index in [-0.39, 0.29) is 18.1 Å². The third-order valence-electron chi connectivity index (χ3n) is 2.57. The van der Waals surface area contributed by atoms with Gasteiger partial charge in [-0.3, -0.25) is 10.1 Å². The van der Waals surface area contributed by atoms with Gasteiger partial charge in [-0.25, -0.2) is 13.1 Å². The van der Waals surface area contributed by atoms with E-state index in [0.29, 0.717) is 12.0 Å². The Bertz CT molecular complexity index is 624. The van der Waals surface area contributed by atoms with Crippen molar-refractivity contribution in [2.45, 2.75) is 18.0 Å². The smallest absolute Gasteiger partial charge is 0.257 e. The molecule has 0 saturated carbocycles. The lowest BCUT2D eigenvalue weighted by atomic mass is 10.3. The van der Waals surface area contributed by atoms with Gasteiger partial charge in [0.2, 0.25) is 0 Å². The van der Waals surface area contributed by atoms with Crippen molar-refractivity contribution in [1.82, 2.24) is 19.9 Å². The Hall–Kier alpha value is -1.77. The van der Waals surface area contributed by atoms with E-state index in [1.165, 1.54) is 6.20 Å². The van der Waals surface area contributed by atoms with Gasteiger partial charge < -0.3 is 5.73 Å². The van der Waals surface area contributed by atoms with Crippen LogP contribution in [-0.2, 0) is 23.0 Å². The van der Waals surface area contributed by atoms with Crippen LogP contribution in [0.15, 0.2) is 35.6 Å². The van der Waals surface area contributed by atoms with Crippen molar-refractivity contribution in [2.75, 3.05) is 6.54 Å². The summed E-state index contributed by atoms with van der Waals surface area (Å²) in [7, 11) is -3.61. The van der Waals surface area contributed by atoms with E-state index in [0.717, 1.165) is 5.69 Å². The fraction of sp³-hybridized carbons (Fsp3) is 0.273. The number of aromatic nitrogens is 3. The second-order valence-electron chi connectivity index (χ2n) is 3.90. The largest absolute Gasteiger partial charge is 0.326 e. The van der Waals surface area contributed by atoms with Crippen LogP contribution in [0.1, 0.15) is 11.3 Å². The average molecular weight is 281 g/mol. The highest BCUT2D eigenvalue weighted by atomic mass is 32.2. The van der Waals surface area contributed by atoms with Crippen molar-refractivity contribution < 1.29 is 8.42 Å². The lowest BCUT2D eigenvalue weighted by Crippen LogP contribution is -2.27. The van der Waals surface area contributed by atoms with Crippen LogP contribution in [0, 0.1) is 0 Å². The number of aromatic amines is 1. The number of hydrogen-bond donors (Lipinski definition) is 3. The molecule has 0 fully saturated rings. The Labute approximate surface area is 111 Å². The summed E-state index contributed by atoms with van der Waals surface area (Å²) in [6.07, 6.45) is 3.60. The third kappa shape index (κ3) is 3.37. The fourth-order valence-electron chi connectivity index (χ4n) is 1.61. The van der Waals surface area contributed by atoms with Crippen LogP contribution in [-0.4, -0.2) is 30.1 Å². The zero-order valence-corrected chi connectivity index (χ0v) is 11.0. The van der Waals surface area contributed by atoms with E-state index in [1.54, 1.807) is 6.20 Å². The molecule has 0 atom stereocenters. The van der Waals surface area contributed by atoms with Gasteiger partial charge in [0.1, 0.15) is 0 Å². The zero-order valence-electron chi connectivity index (χ0n) is 10.2. The summed E-state index contributed by atoms with van der Waals surface area (Å²) >= 11 is 0. The first-order valence-electron chi connectivity index (χ1n) is 5.75. The van der Waals surface area contributed by atoms with Gasteiger partial charge in [0.15, 0.2) is 5.03 Å². The fourth-order valence-corrected chi connectivity index (χ4v) is 2.78. The van der Waals surface area contributed by atoms with Gasteiger partial charge in [0.05, 0.1) is 6.20 Å². The molecule has 0 bridgehead atoms. The Morgan fingerprint density at radius 1 is 1.37 bits per heavy atom. The minimum absolute atomic E-state index is 0.0241. The Balaban J connectivity index is 1.99. The second-order valence-corrected chi connectivity index (χ2v) is 5.60. The van der Waals surface area contributed by atoms with Gasteiger partial charge in [0, 0.05) is 37.0 Å². The number of nitrogens with two attached hydrogens (primary N) is 1. The van der Waals surface area contributed by atoms with E-state index in [9.17, 15) is 8.42 Å². The highest BCUT2D eigenvalue weighted by molar-refractivity contribution is 7.89. The first kappa shape index (κ1) is 13.7. The van der Waals surface area contributed by atoms with Crippen LogP contribution in [0.4, 0.5) is 0 Å². The van der Waals surface area contributed by atoms with Gasteiger partial charge in [0.25, 0.3) is 10.0 Å². The average Bonchev–Trinajstić information content (AvgIpc) is 2.89. The van der Waals surface area contributed by atoms with Gasteiger partial charge >= 0.3 is 0 Å². The van der Waals surface area contributed by atoms with Gasteiger partial charge in [-0.15, -0.1) is 0 Å². The normalized spacial score (nSPS) is 11.6. The predicted octanol–water partition coefficient (Wildman–Crippen LogP) is -0.216. The molecule has 102 valence electrons. The topological polar surface area (TPSA) is 114 Å². The van der Waals surface area contributed by atoms with Crippen molar-refractivity contribution in [1.29, 1.82) is 0 Å². The number of nitrogens with zero attached hydrogens (tertiary/aromatic N) is 2. The number of H-pyrrole nitrogens is 1. The molecule has 19 heavy (non-hydrogen) atoms. The van der Waals surface area contributed by atoms with Crippen LogP contribution in [0.2, 0.25) is 0 Å². The summed E-state index contributed by atoms with van der Waals surface area (Å²) in [4.78, 5) is 4.12. The van der Waals surface area contributed by atoms with Crippen molar-refractivity contribution >= 4 is 10.0 Å². The minimum atomic E-state index is -3.61. The summed E-state index contributed by atoms with van der Waals surface area (Å²) in [6.45, 7) is 0.384. The molecule has 0 radical (unpaired) electrons. The Morgan fingerprint density at radius 3 is 2.89 bits per heavy atom. The van der Waals surface area contributed by atoms with Crippen molar-refractivity contribution in [3.05, 3.63) is 41.9 Å². The van der Waals surface area contributed by atoms with Crippen molar-refractivity contribution in [3.63, 3.8) is 0 Å². The maximum absolute atomic E-state index is 12.0. The van der Waals surface area contributed by atoms with Crippen LogP contribution < -0.4 is 10.5 Å². The lowest BCUT2D eigenvalue weighted by Gasteiger charge is -2.06. The molecule has 4 N–H and O–H groups in total. The van der Waals surface area contributed by atoms with Crippen molar-refractivity contribution in [2.24, 2.45) is 5.73 Å². The zero-order chi connectivity index (χ0) is 13.7. The molecule has 2 rings (SSSR count). The second kappa shape index (κ2) is 5.91. The van der Waals surface area contributed by atoms with Gasteiger partial charge in [-0.1, -0.05) is 6.07 Å². The number of pyridine rings is 1. The molecule has 2 aromatic rings. The van der Waals surface area contributed by atoms with E-state index in [4.69, 9.17) is 5.73 Å². The number of hydrogen-bond acceptors (Lipinski definition) is 5. The maximum atomic E-state index is 12.0. The summed E-state index contributed by atoms with van der Waals surface area (Å²) in [6, 6.07) is 5.51. The van der Waals surface area contributed by atoms with E-state index < -0.39 is 10.0 Å².